The van der Waals surface area contributed by atoms with Crippen LogP contribution in [0.15, 0.2) is 0 Å². The summed E-state index contributed by atoms with van der Waals surface area (Å²) >= 11 is 0. The van der Waals surface area contributed by atoms with Gasteiger partial charge < -0.3 is 10.8 Å². The standard InChI is InChI=1S/C9H17N3O3/c1-6(14)8-3-2-4-12(8)11-7(5-13)9(10)15/h7-8,11,13H,2-5H2,1H3,(H2,10,15)/t7-,8-/m0/s1. The van der Waals surface area contributed by atoms with Crippen LogP contribution in [0.3, 0.4) is 0 Å². The number of hydrogen-bond acceptors (Lipinski definition) is 5. The first-order chi connectivity index (χ1) is 7.06. The summed E-state index contributed by atoms with van der Waals surface area (Å²) in [5, 5.41) is 10.6. The van der Waals surface area contributed by atoms with Crippen molar-refractivity contribution in [3.05, 3.63) is 0 Å². The molecule has 1 rings (SSSR count). The molecule has 1 amide bonds. The topological polar surface area (TPSA) is 95.7 Å². The number of amides is 1. The number of hydrogen-bond donors (Lipinski definition) is 3. The lowest BCUT2D eigenvalue weighted by atomic mass is 10.1. The van der Waals surface area contributed by atoms with Crippen LogP contribution in [0, 0.1) is 0 Å². The second-order valence-electron chi connectivity index (χ2n) is 3.73. The Morgan fingerprint density at radius 2 is 2.33 bits per heavy atom. The van der Waals surface area contributed by atoms with Gasteiger partial charge in [0.1, 0.15) is 11.8 Å². The molecule has 0 aromatic rings. The second-order valence-corrected chi connectivity index (χ2v) is 3.73. The highest BCUT2D eigenvalue weighted by molar-refractivity contribution is 5.82. The van der Waals surface area contributed by atoms with Crippen molar-refractivity contribution >= 4 is 11.7 Å². The minimum Gasteiger partial charge on any atom is -0.394 e. The molecule has 2 atom stereocenters. The summed E-state index contributed by atoms with van der Waals surface area (Å²) in [7, 11) is 0. The third-order valence-corrected chi connectivity index (χ3v) is 2.57. The fourth-order valence-corrected chi connectivity index (χ4v) is 1.74. The van der Waals surface area contributed by atoms with Crippen LogP contribution in [0.4, 0.5) is 0 Å². The number of carbonyl (C=O) groups excluding carboxylic acids is 2. The van der Waals surface area contributed by atoms with Crippen LogP contribution in [0.25, 0.3) is 0 Å². The molecule has 0 spiro atoms. The van der Waals surface area contributed by atoms with Crippen molar-refractivity contribution in [1.82, 2.24) is 10.4 Å². The van der Waals surface area contributed by atoms with Crippen molar-refractivity contribution in [1.29, 1.82) is 0 Å². The molecule has 86 valence electrons. The number of primary amides is 1. The van der Waals surface area contributed by atoms with Crippen LogP contribution < -0.4 is 11.2 Å². The normalized spacial score (nSPS) is 24.0. The average Bonchev–Trinajstić information content (AvgIpc) is 2.61. The predicted octanol–water partition coefficient (Wildman–Crippen LogP) is -1.61. The van der Waals surface area contributed by atoms with E-state index in [0.29, 0.717) is 6.54 Å². The molecular weight excluding hydrogens is 198 g/mol. The molecule has 1 heterocycles. The van der Waals surface area contributed by atoms with E-state index in [1.54, 1.807) is 5.01 Å². The lowest BCUT2D eigenvalue weighted by Gasteiger charge is -2.26. The minimum absolute atomic E-state index is 0.0566. The first-order valence-electron chi connectivity index (χ1n) is 4.99. The van der Waals surface area contributed by atoms with E-state index in [-0.39, 0.29) is 18.4 Å². The molecule has 0 bridgehead atoms. The summed E-state index contributed by atoms with van der Waals surface area (Å²) < 4.78 is 0. The Labute approximate surface area is 88.4 Å². The van der Waals surface area contributed by atoms with E-state index in [1.165, 1.54) is 6.92 Å². The molecule has 0 unspecified atom stereocenters. The summed E-state index contributed by atoms with van der Waals surface area (Å²) in [4.78, 5) is 22.1. The van der Waals surface area contributed by atoms with Gasteiger partial charge in [0.2, 0.25) is 5.91 Å². The molecule has 0 aromatic heterocycles. The smallest absolute Gasteiger partial charge is 0.238 e. The third kappa shape index (κ3) is 2.98. The zero-order valence-electron chi connectivity index (χ0n) is 8.77. The number of rotatable bonds is 5. The molecule has 0 saturated carbocycles. The summed E-state index contributed by atoms with van der Waals surface area (Å²) in [5.74, 6) is -0.562. The van der Waals surface area contributed by atoms with E-state index in [9.17, 15) is 9.59 Å². The number of aliphatic hydroxyl groups is 1. The van der Waals surface area contributed by atoms with Gasteiger partial charge in [-0.3, -0.25) is 9.59 Å². The number of ketones is 1. The Morgan fingerprint density at radius 3 is 2.80 bits per heavy atom. The molecule has 6 nitrogen and oxygen atoms in total. The number of nitrogens with zero attached hydrogens (tertiary/aromatic N) is 1. The zero-order chi connectivity index (χ0) is 11.4. The number of nitrogens with one attached hydrogen (secondary N) is 1. The minimum atomic E-state index is -0.815. The van der Waals surface area contributed by atoms with Crippen LogP contribution in [0.5, 0.6) is 0 Å². The number of hydrazine groups is 1. The Bertz CT molecular complexity index is 257. The highest BCUT2D eigenvalue weighted by Crippen LogP contribution is 2.15. The van der Waals surface area contributed by atoms with Crippen molar-refractivity contribution in [2.45, 2.75) is 31.8 Å². The van der Waals surface area contributed by atoms with Crippen molar-refractivity contribution < 1.29 is 14.7 Å². The van der Waals surface area contributed by atoms with Crippen LogP contribution in [-0.4, -0.2) is 47.0 Å². The fourth-order valence-electron chi connectivity index (χ4n) is 1.74. The maximum Gasteiger partial charge on any atom is 0.238 e. The molecule has 15 heavy (non-hydrogen) atoms. The number of Topliss-reactive ketones (excluding diaryl/α,β-unsaturated/α-hetero) is 1. The molecule has 0 radical (unpaired) electrons. The lowest BCUT2D eigenvalue weighted by molar-refractivity contribution is -0.127. The Morgan fingerprint density at radius 1 is 1.67 bits per heavy atom. The Kier molecular flexibility index (Phi) is 4.19. The van der Waals surface area contributed by atoms with Gasteiger partial charge in [-0.25, -0.2) is 10.4 Å². The maximum absolute atomic E-state index is 11.2. The second kappa shape index (κ2) is 5.20. The monoisotopic (exact) mass is 215 g/mol. The van der Waals surface area contributed by atoms with Gasteiger partial charge in [-0.2, -0.15) is 0 Å². The van der Waals surface area contributed by atoms with Crippen LogP contribution in [0.1, 0.15) is 19.8 Å². The summed E-state index contributed by atoms with van der Waals surface area (Å²) in [6.07, 6.45) is 1.67. The van der Waals surface area contributed by atoms with Gasteiger partial charge in [0.15, 0.2) is 0 Å². The largest absolute Gasteiger partial charge is 0.394 e. The van der Waals surface area contributed by atoms with Gasteiger partial charge in [-0.05, 0) is 19.8 Å². The average molecular weight is 215 g/mol. The van der Waals surface area contributed by atoms with E-state index >= 15 is 0 Å². The molecule has 0 aromatic carbocycles. The fraction of sp³-hybridized carbons (Fsp3) is 0.778. The van der Waals surface area contributed by atoms with Crippen LogP contribution in [0.2, 0.25) is 0 Å². The zero-order valence-corrected chi connectivity index (χ0v) is 8.77. The lowest BCUT2D eigenvalue weighted by Crippen LogP contribution is -2.55. The van der Waals surface area contributed by atoms with E-state index in [0.717, 1.165) is 12.8 Å². The van der Waals surface area contributed by atoms with Crippen molar-refractivity contribution in [2.24, 2.45) is 5.73 Å². The quantitative estimate of drug-likeness (QED) is 0.513. The number of aliphatic hydroxyl groups excluding tert-OH is 1. The molecule has 6 heteroatoms. The summed E-state index contributed by atoms with van der Waals surface area (Å²) in [5.41, 5.74) is 7.86. The van der Waals surface area contributed by atoms with Crippen molar-refractivity contribution in [3.63, 3.8) is 0 Å². The molecular formula is C9H17N3O3. The first-order valence-corrected chi connectivity index (χ1v) is 4.99. The molecule has 1 aliphatic rings. The van der Waals surface area contributed by atoms with E-state index < -0.39 is 11.9 Å². The molecule has 1 aliphatic heterocycles. The number of nitrogens with two attached hydrogens (primary N) is 1. The van der Waals surface area contributed by atoms with Crippen LogP contribution >= 0.6 is 0 Å². The maximum atomic E-state index is 11.2. The van der Waals surface area contributed by atoms with E-state index in [4.69, 9.17) is 10.8 Å². The molecule has 0 aliphatic carbocycles. The summed E-state index contributed by atoms with van der Waals surface area (Å²) in [6.45, 7) is 1.84. The van der Waals surface area contributed by atoms with Gasteiger partial charge >= 0.3 is 0 Å². The highest BCUT2D eigenvalue weighted by Gasteiger charge is 2.30. The molecule has 1 fully saturated rings. The van der Waals surface area contributed by atoms with Gasteiger partial charge in [0.25, 0.3) is 0 Å². The Balaban J connectivity index is 2.56. The van der Waals surface area contributed by atoms with Crippen LogP contribution in [-0.2, 0) is 9.59 Å². The Hall–Kier alpha value is -0.980. The van der Waals surface area contributed by atoms with Crippen molar-refractivity contribution in [3.8, 4) is 0 Å². The highest BCUT2D eigenvalue weighted by atomic mass is 16.3. The molecule has 1 saturated heterocycles. The number of carbonyl (C=O) groups is 2. The van der Waals surface area contributed by atoms with Gasteiger partial charge in [0.05, 0.1) is 12.6 Å². The summed E-state index contributed by atoms with van der Waals surface area (Å²) in [6, 6.07) is -1.02. The first kappa shape index (κ1) is 12.1. The van der Waals surface area contributed by atoms with Gasteiger partial charge in [-0.15, -0.1) is 0 Å². The SMILES string of the molecule is CC(=O)[C@@H]1CCCN1N[C@@H](CO)C(N)=O. The van der Waals surface area contributed by atoms with E-state index in [2.05, 4.69) is 5.43 Å². The third-order valence-electron chi connectivity index (χ3n) is 2.57. The predicted molar refractivity (Wildman–Crippen MR) is 53.6 cm³/mol. The molecule has 4 N–H and O–H groups in total. The van der Waals surface area contributed by atoms with Gasteiger partial charge in [0, 0.05) is 6.54 Å². The van der Waals surface area contributed by atoms with Crippen molar-refractivity contribution in [2.75, 3.05) is 13.2 Å². The van der Waals surface area contributed by atoms with E-state index in [1.807, 2.05) is 0 Å². The van der Waals surface area contributed by atoms with Gasteiger partial charge in [-0.1, -0.05) is 0 Å².